The van der Waals surface area contributed by atoms with Gasteiger partial charge in [0.15, 0.2) is 0 Å². The zero-order valence-electron chi connectivity index (χ0n) is 10.6. The summed E-state index contributed by atoms with van der Waals surface area (Å²) in [4.78, 5) is 0. The Morgan fingerprint density at radius 1 is 1.21 bits per heavy atom. The quantitative estimate of drug-likeness (QED) is 0.659. The fraction of sp³-hybridized carbons (Fsp3) is 0.133. The fourth-order valence-electron chi connectivity index (χ4n) is 1.72. The first-order valence-corrected chi connectivity index (χ1v) is 6.80. The molecule has 0 aliphatic rings. The third-order valence-electron chi connectivity index (χ3n) is 2.79. The van der Waals surface area contributed by atoms with Crippen LogP contribution >= 0.6 is 15.9 Å². The van der Waals surface area contributed by atoms with Crippen molar-refractivity contribution in [1.82, 2.24) is 0 Å². The van der Waals surface area contributed by atoms with Gasteiger partial charge in [0, 0.05) is 4.47 Å². The van der Waals surface area contributed by atoms with Crippen molar-refractivity contribution in [3.63, 3.8) is 0 Å². The lowest BCUT2D eigenvalue weighted by molar-refractivity contribution is 0.481. The lowest BCUT2D eigenvalue weighted by Crippen LogP contribution is -2.12. The minimum Gasteiger partial charge on any atom is -0.457 e. The highest BCUT2D eigenvalue weighted by Crippen LogP contribution is 2.28. The molecule has 4 heteroatoms. The predicted molar refractivity (Wildman–Crippen MR) is 81.1 cm³/mol. The van der Waals surface area contributed by atoms with Crippen molar-refractivity contribution in [3.8, 4) is 11.5 Å². The molecule has 0 aliphatic carbocycles. The topological polar surface area (TPSA) is 59.1 Å². The Kier molecular flexibility index (Phi) is 4.22. The summed E-state index contributed by atoms with van der Waals surface area (Å²) in [5.74, 6) is 1.30. The van der Waals surface area contributed by atoms with Crippen molar-refractivity contribution in [2.45, 2.75) is 13.3 Å². The molecule has 0 fully saturated rings. The Hall–Kier alpha value is -1.81. The highest BCUT2D eigenvalue weighted by molar-refractivity contribution is 9.10. The number of ether oxygens (including phenoxy) is 1. The van der Waals surface area contributed by atoms with Gasteiger partial charge >= 0.3 is 0 Å². The van der Waals surface area contributed by atoms with Crippen molar-refractivity contribution in [3.05, 3.63) is 58.1 Å². The van der Waals surface area contributed by atoms with E-state index in [0.717, 1.165) is 16.6 Å². The average Bonchev–Trinajstić information content (AvgIpc) is 2.39. The van der Waals surface area contributed by atoms with E-state index in [1.165, 1.54) is 5.56 Å². The van der Waals surface area contributed by atoms with Crippen LogP contribution in [0, 0.1) is 5.41 Å². The van der Waals surface area contributed by atoms with E-state index in [1.54, 1.807) is 6.07 Å². The fourth-order valence-corrected chi connectivity index (χ4v) is 2.06. The van der Waals surface area contributed by atoms with Crippen LogP contribution in [0.1, 0.15) is 18.1 Å². The van der Waals surface area contributed by atoms with Gasteiger partial charge in [-0.05, 0) is 42.3 Å². The van der Waals surface area contributed by atoms with E-state index < -0.39 is 0 Å². The molecule has 2 aromatic carbocycles. The van der Waals surface area contributed by atoms with E-state index >= 15 is 0 Å². The molecule has 98 valence electrons. The largest absolute Gasteiger partial charge is 0.457 e. The number of hydrogen-bond donors (Lipinski definition) is 2. The molecule has 0 spiro atoms. The number of nitrogens with two attached hydrogens (primary N) is 1. The smallest absolute Gasteiger partial charge is 0.139 e. The minimum absolute atomic E-state index is 0.00678. The maximum absolute atomic E-state index is 7.56. The number of aryl methyl sites for hydroxylation is 1. The first kappa shape index (κ1) is 13.6. The molecule has 19 heavy (non-hydrogen) atoms. The van der Waals surface area contributed by atoms with Gasteiger partial charge in [0.25, 0.3) is 0 Å². The Morgan fingerprint density at radius 2 is 1.89 bits per heavy atom. The van der Waals surface area contributed by atoms with Gasteiger partial charge in [-0.25, -0.2) is 0 Å². The second-order valence-corrected chi connectivity index (χ2v) is 5.07. The Morgan fingerprint density at radius 3 is 2.47 bits per heavy atom. The molecule has 0 bridgehead atoms. The number of nitrogen functional groups attached to an aromatic ring is 1. The summed E-state index contributed by atoms with van der Waals surface area (Å²) in [6.45, 7) is 2.11. The van der Waals surface area contributed by atoms with Crippen LogP contribution in [-0.4, -0.2) is 5.84 Å². The van der Waals surface area contributed by atoms with Crippen LogP contribution in [0.3, 0.4) is 0 Å². The monoisotopic (exact) mass is 318 g/mol. The second-order valence-electron chi connectivity index (χ2n) is 4.15. The van der Waals surface area contributed by atoms with Gasteiger partial charge in [-0.15, -0.1) is 0 Å². The molecule has 0 radical (unpaired) electrons. The van der Waals surface area contributed by atoms with Crippen LogP contribution in [0.5, 0.6) is 11.5 Å². The maximum atomic E-state index is 7.56. The van der Waals surface area contributed by atoms with Crippen LogP contribution in [0.25, 0.3) is 0 Å². The molecule has 2 rings (SSSR count). The normalized spacial score (nSPS) is 10.2. The molecular formula is C15H15BrN2O. The molecule has 0 heterocycles. The molecule has 0 aliphatic heterocycles. The van der Waals surface area contributed by atoms with Crippen LogP contribution in [0.15, 0.2) is 46.9 Å². The SMILES string of the molecule is CCc1ccc(Oc2cc(Br)ccc2C(=N)N)cc1. The molecule has 0 atom stereocenters. The van der Waals surface area contributed by atoms with Gasteiger partial charge < -0.3 is 10.5 Å². The molecule has 0 unspecified atom stereocenters. The Labute approximate surface area is 121 Å². The lowest BCUT2D eigenvalue weighted by Gasteiger charge is -2.11. The van der Waals surface area contributed by atoms with Crippen LogP contribution in [0.2, 0.25) is 0 Å². The summed E-state index contributed by atoms with van der Waals surface area (Å²) in [5.41, 5.74) is 7.40. The van der Waals surface area contributed by atoms with E-state index in [2.05, 4.69) is 22.9 Å². The van der Waals surface area contributed by atoms with E-state index in [-0.39, 0.29) is 5.84 Å². The second kappa shape index (κ2) is 5.89. The first-order valence-electron chi connectivity index (χ1n) is 6.01. The summed E-state index contributed by atoms with van der Waals surface area (Å²) in [5, 5.41) is 7.56. The van der Waals surface area contributed by atoms with Gasteiger partial charge in [0.05, 0.1) is 5.56 Å². The van der Waals surface area contributed by atoms with Crippen LogP contribution in [0.4, 0.5) is 0 Å². The minimum atomic E-state index is -0.00678. The standard InChI is InChI=1S/C15H15BrN2O/c1-2-10-3-6-12(7-4-10)19-14-9-11(16)5-8-13(14)15(17)18/h3-9H,2H2,1H3,(H3,17,18). The summed E-state index contributed by atoms with van der Waals surface area (Å²) < 4.78 is 6.69. The zero-order valence-corrected chi connectivity index (χ0v) is 12.2. The summed E-state index contributed by atoms with van der Waals surface area (Å²) in [6.07, 6.45) is 0.996. The van der Waals surface area contributed by atoms with E-state index in [1.807, 2.05) is 36.4 Å². The number of amidine groups is 1. The van der Waals surface area contributed by atoms with Crippen LogP contribution in [-0.2, 0) is 6.42 Å². The van der Waals surface area contributed by atoms with E-state index in [0.29, 0.717) is 11.3 Å². The first-order chi connectivity index (χ1) is 9.10. The molecule has 0 aromatic heterocycles. The predicted octanol–water partition coefficient (Wildman–Crippen LogP) is 4.09. The molecule has 0 amide bonds. The molecule has 3 nitrogen and oxygen atoms in total. The third-order valence-corrected chi connectivity index (χ3v) is 3.29. The van der Waals surface area contributed by atoms with Crippen LogP contribution < -0.4 is 10.5 Å². The number of rotatable bonds is 4. The molecular weight excluding hydrogens is 304 g/mol. The maximum Gasteiger partial charge on any atom is 0.139 e. The number of nitrogens with one attached hydrogen (secondary N) is 1. The zero-order chi connectivity index (χ0) is 13.8. The van der Waals surface area contributed by atoms with Gasteiger partial charge in [0.2, 0.25) is 0 Å². The molecule has 2 aromatic rings. The van der Waals surface area contributed by atoms with E-state index in [4.69, 9.17) is 15.9 Å². The average molecular weight is 319 g/mol. The van der Waals surface area contributed by atoms with Gasteiger partial charge in [-0.3, -0.25) is 5.41 Å². The van der Waals surface area contributed by atoms with Crippen molar-refractivity contribution in [2.24, 2.45) is 5.73 Å². The molecule has 0 saturated heterocycles. The lowest BCUT2D eigenvalue weighted by atomic mass is 10.1. The summed E-state index contributed by atoms with van der Waals surface area (Å²) in [7, 11) is 0. The third kappa shape index (κ3) is 3.35. The highest BCUT2D eigenvalue weighted by Gasteiger charge is 2.08. The Bertz CT molecular complexity index is 594. The molecule has 0 saturated carbocycles. The van der Waals surface area contributed by atoms with Gasteiger partial charge in [-0.2, -0.15) is 0 Å². The van der Waals surface area contributed by atoms with Gasteiger partial charge in [-0.1, -0.05) is 35.0 Å². The summed E-state index contributed by atoms with van der Waals surface area (Å²) >= 11 is 3.39. The van der Waals surface area contributed by atoms with Crippen molar-refractivity contribution < 1.29 is 4.74 Å². The number of benzene rings is 2. The number of halogens is 1. The highest BCUT2D eigenvalue weighted by atomic mass is 79.9. The van der Waals surface area contributed by atoms with Crippen molar-refractivity contribution >= 4 is 21.8 Å². The van der Waals surface area contributed by atoms with Crippen molar-refractivity contribution in [2.75, 3.05) is 0 Å². The van der Waals surface area contributed by atoms with E-state index in [9.17, 15) is 0 Å². The Balaban J connectivity index is 2.31. The molecule has 3 N–H and O–H groups in total. The van der Waals surface area contributed by atoms with Gasteiger partial charge in [0.1, 0.15) is 17.3 Å². The number of hydrogen-bond acceptors (Lipinski definition) is 2. The van der Waals surface area contributed by atoms with Crippen molar-refractivity contribution in [1.29, 1.82) is 5.41 Å². The summed E-state index contributed by atoms with van der Waals surface area (Å²) in [6, 6.07) is 13.3.